The minimum atomic E-state index is -0.509. The summed E-state index contributed by atoms with van der Waals surface area (Å²) in [6.45, 7) is 9.45. The van der Waals surface area contributed by atoms with Crippen molar-refractivity contribution in [2.75, 3.05) is 0 Å². The van der Waals surface area contributed by atoms with Gasteiger partial charge >= 0.3 is 57.3 Å². The molecule has 0 saturated heterocycles. The van der Waals surface area contributed by atoms with Crippen LogP contribution in [0.4, 0.5) is 0 Å². The van der Waals surface area contributed by atoms with Crippen LogP contribution in [0.1, 0.15) is 27.7 Å². The SMILES string of the molecule is C[CH2][Ge]([CH2]C)[CH](C)C. The summed E-state index contributed by atoms with van der Waals surface area (Å²) in [7, 11) is 0. The van der Waals surface area contributed by atoms with Gasteiger partial charge in [0.25, 0.3) is 0 Å². The summed E-state index contributed by atoms with van der Waals surface area (Å²) in [6.07, 6.45) is 0. The minimum absolute atomic E-state index is 0.509. The molecule has 0 aliphatic rings. The summed E-state index contributed by atoms with van der Waals surface area (Å²) < 4.78 is 1.05. The average Bonchev–Trinajstić information content (AvgIpc) is 1.69. The zero-order valence-corrected chi connectivity index (χ0v) is 8.59. The molecule has 0 N–H and O–H groups in total. The van der Waals surface area contributed by atoms with Gasteiger partial charge in [0.05, 0.1) is 0 Å². The Kier molecular flexibility index (Phi) is 4.72. The van der Waals surface area contributed by atoms with Crippen molar-refractivity contribution in [1.29, 1.82) is 0 Å². The summed E-state index contributed by atoms with van der Waals surface area (Å²) in [6, 6.07) is 0. The average molecular weight is 174 g/mol. The molecule has 0 aromatic rings. The second kappa shape index (κ2) is 4.42. The predicted octanol–water partition coefficient (Wildman–Crippen LogP) is 2.93. The van der Waals surface area contributed by atoms with E-state index in [2.05, 4.69) is 27.7 Å². The van der Waals surface area contributed by atoms with E-state index in [4.69, 9.17) is 0 Å². The predicted molar refractivity (Wildman–Crippen MR) is 41.8 cm³/mol. The van der Waals surface area contributed by atoms with E-state index in [-0.39, 0.29) is 0 Å². The Morgan fingerprint density at radius 1 is 1.12 bits per heavy atom. The van der Waals surface area contributed by atoms with Crippen molar-refractivity contribution in [1.82, 2.24) is 0 Å². The number of rotatable bonds is 3. The topological polar surface area (TPSA) is 0 Å². The normalized spacial score (nSPS) is 11.2. The second-order valence-corrected chi connectivity index (χ2v) is 10.7. The van der Waals surface area contributed by atoms with Crippen molar-refractivity contribution in [2.45, 2.75) is 43.0 Å². The molecule has 1 heteroatoms. The standard InChI is InChI=1S/C7H17Ge/c1-5-8(6-2)7(3)4/h7H,5-6H2,1-4H3. The first-order valence-corrected chi connectivity index (χ1v) is 7.74. The van der Waals surface area contributed by atoms with Gasteiger partial charge in [0, 0.05) is 0 Å². The maximum absolute atomic E-state index is 2.38. The van der Waals surface area contributed by atoms with Crippen LogP contribution in [0, 0.1) is 0 Å². The van der Waals surface area contributed by atoms with Gasteiger partial charge in [-0.1, -0.05) is 0 Å². The van der Waals surface area contributed by atoms with E-state index < -0.39 is 14.3 Å². The summed E-state index contributed by atoms with van der Waals surface area (Å²) in [5.41, 5.74) is 0. The van der Waals surface area contributed by atoms with Crippen molar-refractivity contribution in [3.05, 3.63) is 0 Å². The molecule has 0 aromatic carbocycles. The third-order valence-corrected chi connectivity index (χ3v) is 8.96. The molecular weight excluding hydrogens is 157 g/mol. The van der Waals surface area contributed by atoms with Gasteiger partial charge in [0.1, 0.15) is 0 Å². The van der Waals surface area contributed by atoms with Crippen molar-refractivity contribution in [3.8, 4) is 0 Å². The molecule has 8 heavy (non-hydrogen) atoms. The summed E-state index contributed by atoms with van der Waals surface area (Å²) in [5, 5.41) is 3.02. The van der Waals surface area contributed by atoms with Crippen molar-refractivity contribution < 1.29 is 0 Å². The number of hydrogen-bond donors (Lipinski definition) is 0. The molecule has 0 saturated carbocycles. The van der Waals surface area contributed by atoms with Gasteiger partial charge in [0.2, 0.25) is 0 Å². The molecule has 0 rings (SSSR count). The molecule has 0 unspecified atom stereocenters. The molecular formula is C7H17Ge. The van der Waals surface area contributed by atoms with Gasteiger partial charge in [0.15, 0.2) is 0 Å². The Balaban J connectivity index is 3.35. The van der Waals surface area contributed by atoms with Crippen molar-refractivity contribution in [2.24, 2.45) is 0 Å². The fourth-order valence-electron chi connectivity index (χ4n) is 1.07. The molecule has 0 amide bonds. The van der Waals surface area contributed by atoms with E-state index in [0.717, 1.165) is 4.75 Å². The van der Waals surface area contributed by atoms with Crippen LogP contribution in [-0.2, 0) is 0 Å². The van der Waals surface area contributed by atoms with Gasteiger partial charge in [-0.2, -0.15) is 0 Å². The Morgan fingerprint density at radius 3 is 1.50 bits per heavy atom. The molecule has 0 heterocycles. The first kappa shape index (κ1) is 8.54. The molecule has 0 aliphatic carbocycles. The third-order valence-electron chi connectivity index (χ3n) is 1.72. The van der Waals surface area contributed by atoms with E-state index in [9.17, 15) is 0 Å². The van der Waals surface area contributed by atoms with Gasteiger partial charge in [-0.15, -0.1) is 0 Å². The molecule has 0 fully saturated rings. The fraction of sp³-hybridized carbons (Fsp3) is 1.00. The summed E-state index contributed by atoms with van der Waals surface area (Å²) in [5.74, 6) is 0. The molecule has 0 atom stereocenters. The van der Waals surface area contributed by atoms with Gasteiger partial charge < -0.3 is 0 Å². The monoisotopic (exact) mass is 175 g/mol. The van der Waals surface area contributed by atoms with Gasteiger partial charge in [-0.3, -0.25) is 0 Å². The van der Waals surface area contributed by atoms with Gasteiger partial charge in [-0.25, -0.2) is 0 Å². The number of hydrogen-bond acceptors (Lipinski definition) is 0. The van der Waals surface area contributed by atoms with Crippen LogP contribution in [0.15, 0.2) is 0 Å². The van der Waals surface area contributed by atoms with Crippen LogP contribution in [0.2, 0.25) is 15.3 Å². The Bertz CT molecular complexity index is 46.3. The van der Waals surface area contributed by atoms with E-state index in [0.29, 0.717) is 0 Å². The molecule has 0 spiro atoms. The maximum atomic E-state index is 2.38. The molecule has 0 aromatic heterocycles. The molecule has 0 aliphatic heterocycles. The van der Waals surface area contributed by atoms with Crippen LogP contribution < -0.4 is 0 Å². The van der Waals surface area contributed by atoms with Crippen molar-refractivity contribution in [3.63, 3.8) is 0 Å². The van der Waals surface area contributed by atoms with E-state index in [1.54, 1.807) is 0 Å². The quantitative estimate of drug-likeness (QED) is 0.576. The van der Waals surface area contributed by atoms with E-state index in [1.807, 2.05) is 0 Å². The van der Waals surface area contributed by atoms with E-state index >= 15 is 0 Å². The van der Waals surface area contributed by atoms with Crippen LogP contribution in [0.3, 0.4) is 0 Å². The summed E-state index contributed by atoms with van der Waals surface area (Å²) >= 11 is -0.509. The Labute approximate surface area is 57.8 Å². The zero-order chi connectivity index (χ0) is 6.57. The Hall–Kier alpha value is 0.543. The molecule has 1 radical (unpaired) electrons. The summed E-state index contributed by atoms with van der Waals surface area (Å²) in [4.78, 5) is 0. The first-order chi connectivity index (χ1) is 3.72. The van der Waals surface area contributed by atoms with Crippen LogP contribution >= 0.6 is 0 Å². The van der Waals surface area contributed by atoms with Crippen LogP contribution in [0.25, 0.3) is 0 Å². The molecule has 49 valence electrons. The third kappa shape index (κ3) is 2.75. The van der Waals surface area contributed by atoms with E-state index in [1.165, 1.54) is 10.5 Å². The Morgan fingerprint density at radius 2 is 1.50 bits per heavy atom. The van der Waals surface area contributed by atoms with Crippen LogP contribution in [-0.4, -0.2) is 14.3 Å². The second-order valence-electron chi connectivity index (χ2n) is 2.52. The molecule has 0 nitrogen and oxygen atoms in total. The van der Waals surface area contributed by atoms with Crippen LogP contribution in [0.5, 0.6) is 0 Å². The zero-order valence-electron chi connectivity index (χ0n) is 6.49. The fourth-order valence-corrected chi connectivity index (χ4v) is 5.54. The first-order valence-electron chi connectivity index (χ1n) is 3.56. The van der Waals surface area contributed by atoms with Gasteiger partial charge in [-0.05, 0) is 0 Å². The molecule has 0 bridgehead atoms. The van der Waals surface area contributed by atoms with Crippen molar-refractivity contribution >= 4 is 14.3 Å².